The zero-order chi connectivity index (χ0) is 16.5. The van der Waals surface area contributed by atoms with Crippen molar-refractivity contribution in [1.82, 2.24) is 0 Å². The van der Waals surface area contributed by atoms with Crippen LogP contribution < -0.4 is 4.74 Å². The van der Waals surface area contributed by atoms with Crippen LogP contribution in [0.3, 0.4) is 0 Å². The average molecular weight is 311 g/mol. The summed E-state index contributed by atoms with van der Waals surface area (Å²) in [6, 6.07) is 6.46. The molecule has 4 heteroatoms. The first-order valence-electron chi connectivity index (χ1n) is 7.44. The van der Waals surface area contributed by atoms with Gasteiger partial charge in [0.1, 0.15) is 0 Å². The molecule has 1 unspecified atom stereocenters. The van der Waals surface area contributed by atoms with Crippen LogP contribution in [-0.4, -0.2) is 26.1 Å². The van der Waals surface area contributed by atoms with Gasteiger partial charge in [-0.25, -0.2) is 0 Å². The number of aromatic hydroxyl groups is 1. The minimum absolute atomic E-state index is 0.116. The molecule has 1 aromatic rings. The molecule has 0 aliphatic carbocycles. The predicted octanol–water partition coefficient (Wildman–Crippen LogP) is 4.67. The molecule has 0 aliphatic rings. The fraction of sp³-hybridized carbons (Fsp3) is 0.647. The van der Waals surface area contributed by atoms with Crippen molar-refractivity contribution in [2.75, 3.05) is 7.11 Å². The molecular weight excluding hydrogens is 280 g/mol. The number of phenols is 1. The molecule has 1 rings (SSSR count). The van der Waals surface area contributed by atoms with Gasteiger partial charge in [-0.2, -0.15) is 0 Å². The van der Waals surface area contributed by atoms with Crippen molar-refractivity contribution in [3.63, 3.8) is 0 Å². The van der Waals surface area contributed by atoms with Crippen molar-refractivity contribution in [2.24, 2.45) is 0 Å². The van der Waals surface area contributed by atoms with Crippen LogP contribution in [0.4, 0.5) is 0 Å². The van der Waals surface area contributed by atoms with Gasteiger partial charge in [-0.05, 0) is 56.1 Å². The van der Waals surface area contributed by atoms with Gasteiger partial charge in [0, 0.05) is 5.60 Å². The molecule has 0 aliphatic heterocycles. The Labute approximate surface area is 130 Å². The van der Waals surface area contributed by atoms with Crippen LogP contribution in [-0.2, 0) is 10.5 Å². The van der Waals surface area contributed by atoms with Crippen LogP contribution in [0.1, 0.15) is 47.1 Å². The summed E-state index contributed by atoms with van der Waals surface area (Å²) in [6.07, 6.45) is 0. The van der Waals surface area contributed by atoms with E-state index in [-0.39, 0.29) is 16.4 Å². The Kier molecular flexibility index (Phi) is 5.16. The molecule has 1 aromatic carbocycles. The Morgan fingerprint density at radius 3 is 2.10 bits per heavy atom. The van der Waals surface area contributed by atoms with E-state index in [0.29, 0.717) is 5.75 Å². The first kappa shape index (κ1) is 18.0. The second-order valence-electron chi connectivity index (χ2n) is 7.88. The SMILES string of the molecule is COc1cc(C[Si](C)(OC(C)(C)C)C(C)(C)C)ccc1O. The first-order valence-corrected chi connectivity index (χ1v) is 10.1. The number of rotatable bonds is 4. The number of benzene rings is 1. The quantitative estimate of drug-likeness (QED) is 0.821. The van der Waals surface area contributed by atoms with Crippen molar-refractivity contribution in [3.05, 3.63) is 23.8 Å². The minimum atomic E-state index is -2.02. The van der Waals surface area contributed by atoms with Crippen LogP contribution >= 0.6 is 0 Å². The number of hydrogen-bond donors (Lipinski definition) is 1. The van der Waals surface area contributed by atoms with E-state index in [1.54, 1.807) is 13.2 Å². The average Bonchev–Trinajstić information content (AvgIpc) is 2.27. The molecular formula is C17H30O3Si. The molecule has 0 amide bonds. The monoisotopic (exact) mass is 310 g/mol. The minimum Gasteiger partial charge on any atom is -0.504 e. The lowest BCUT2D eigenvalue weighted by atomic mass is 10.2. The van der Waals surface area contributed by atoms with Gasteiger partial charge < -0.3 is 14.3 Å². The zero-order valence-electron chi connectivity index (χ0n) is 14.7. The van der Waals surface area contributed by atoms with Crippen LogP contribution in [0.2, 0.25) is 11.6 Å². The van der Waals surface area contributed by atoms with E-state index in [0.717, 1.165) is 11.6 Å². The lowest BCUT2D eigenvalue weighted by Gasteiger charge is -2.44. The molecule has 1 atom stereocenters. The largest absolute Gasteiger partial charge is 0.504 e. The van der Waals surface area contributed by atoms with Crippen LogP contribution in [0.5, 0.6) is 11.5 Å². The number of methoxy groups -OCH3 is 1. The molecule has 0 bridgehead atoms. The van der Waals surface area contributed by atoms with Crippen molar-refractivity contribution in [3.8, 4) is 11.5 Å². The van der Waals surface area contributed by atoms with Gasteiger partial charge in [-0.3, -0.25) is 0 Å². The van der Waals surface area contributed by atoms with Crippen molar-refractivity contribution in [1.29, 1.82) is 0 Å². The predicted molar refractivity (Wildman–Crippen MR) is 90.5 cm³/mol. The Morgan fingerprint density at radius 2 is 1.67 bits per heavy atom. The number of phenolic OH excluding ortho intramolecular Hbond substituents is 1. The van der Waals surface area contributed by atoms with Crippen LogP contribution in [0.15, 0.2) is 18.2 Å². The van der Waals surface area contributed by atoms with E-state index in [1.807, 2.05) is 12.1 Å². The summed E-state index contributed by atoms with van der Waals surface area (Å²) in [5.41, 5.74) is 0.993. The molecule has 0 saturated carbocycles. The van der Waals surface area contributed by atoms with Gasteiger partial charge in [-0.15, -0.1) is 0 Å². The summed E-state index contributed by atoms with van der Waals surface area (Å²) in [4.78, 5) is 0. The fourth-order valence-electron chi connectivity index (χ4n) is 2.35. The van der Waals surface area contributed by atoms with Crippen molar-refractivity contribution in [2.45, 2.75) is 64.8 Å². The maximum atomic E-state index is 9.73. The van der Waals surface area contributed by atoms with Crippen LogP contribution in [0.25, 0.3) is 0 Å². The highest BCUT2D eigenvalue weighted by Gasteiger charge is 2.44. The molecule has 0 fully saturated rings. The van der Waals surface area contributed by atoms with E-state index >= 15 is 0 Å². The zero-order valence-corrected chi connectivity index (χ0v) is 15.7. The lowest BCUT2D eigenvalue weighted by Crippen LogP contribution is -2.51. The highest BCUT2D eigenvalue weighted by atomic mass is 28.4. The summed E-state index contributed by atoms with van der Waals surface area (Å²) < 4.78 is 11.7. The normalized spacial score (nSPS) is 15.6. The molecule has 0 aromatic heterocycles. The van der Waals surface area contributed by atoms with Gasteiger partial charge in [0.05, 0.1) is 7.11 Å². The highest BCUT2D eigenvalue weighted by Crippen LogP contribution is 2.42. The maximum absolute atomic E-state index is 9.73. The Bertz CT molecular complexity index is 486. The standard InChI is InChI=1S/C17H30O3Si/c1-16(2,3)20-21(8,17(4,5)6)12-13-9-10-14(18)15(11-13)19-7/h9-11,18H,12H2,1-8H3. The summed E-state index contributed by atoms with van der Waals surface area (Å²) in [6.45, 7) is 15.4. The molecule has 0 heterocycles. The van der Waals surface area contributed by atoms with E-state index in [4.69, 9.17) is 9.16 Å². The fourth-order valence-corrected chi connectivity index (χ4v) is 5.61. The first-order chi connectivity index (χ1) is 9.38. The van der Waals surface area contributed by atoms with Crippen molar-refractivity contribution >= 4 is 8.32 Å². The molecule has 120 valence electrons. The second kappa shape index (κ2) is 6.01. The molecule has 0 spiro atoms. The summed E-state index contributed by atoms with van der Waals surface area (Å²) in [5, 5.41) is 9.85. The van der Waals surface area contributed by atoms with Gasteiger partial charge >= 0.3 is 0 Å². The molecule has 1 N–H and O–H groups in total. The second-order valence-corrected chi connectivity index (χ2v) is 12.4. The smallest absolute Gasteiger partial charge is 0.200 e. The van der Waals surface area contributed by atoms with Crippen LogP contribution in [0, 0.1) is 0 Å². The Hall–Kier alpha value is -1.00. The lowest BCUT2D eigenvalue weighted by molar-refractivity contribution is 0.109. The number of ether oxygens (including phenoxy) is 1. The van der Waals surface area contributed by atoms with Gasteiger partial charge in [0.25, 0.3) is 0 Å². The highest BCUT2D eigenvalue weighted by molar-refractivity contribution is 6.75. The molecule has 0 saturated heterocycles. The number of hydrogen-bond acceptors (Lipinski definition) is 3. The summed E-state index contributed by atoms with van der Waals surface area (Å²) >= 11 is 0. The van der Waals surface area contributed by atoms with Gasteiger partial charge in [0.2, 0.25) is 0 Å². The van der Waals surface area contributed by atoms with Gasteiger partial charge in [-0.1, -0.05) is 26.8 Å². The van der Waals surface area contributed by atoms with E-state index < -0.39 is 8.32 Å². The van der Waals surface area contributed by atoms with E-state index in [9.17, 15) is 5.11 Å². The Morgan fingerprint density at radius 1 is 1.10 bits per heavy atom. The summed E-state index contributed by atoms with van der Waals surface area (Å²) in [7, 11) is -0.443. The van der Waals surface area contributed by atoms with Crippen molar-refractivity contribution < 1.29 is 14.3 Å². The third-order valence-electron chi connectivity index (χ3n) is 3.90. The molecule has 3 nitrogen and oxygen atoms in total. The molecule has 0 radical (unpaired) electrons. The van der Waals surface area contributed by atoms with E-state index in [1.165, 1.54) is 0 Å². The summed E-state index contributed by atoms with van der Waals surface area (Å²) in [5.74, 6) is 0.700. The third kappa shape index (κ3) is 4.75. The van der Waals surface area contributed by atoms with Gasteiger partial charge in [0.15, 0.2) is 19.8 Å². The maximum Gasteiger partial charge on any atom is 0.200 e. The molecule has 21 heavy (non-hydrogen) atoms. The third-order valence-corrected chi connectivity index (χ3v) is 9.22. The van der Waals surface area contributed by atoms with E-state index in [2.05, 4.69) is 48.1 Å². The topological polar surface area (TPSA) is 38.7 Å². The Balaban J connectivity index is 3.13.